The van der Waals surface area contributed by atoms with Crippen molar-refractivity contribution in [1.29, 1.82) is 0 Å². The Balaban J connectivity index is 2.31. The molecule has 2 nitrogen and oxygen atoms in total. The third-order valence-electron chi connectivity index (χ3n) is 3.04. The Bertz CT molecular complexity index is 141. The Morgan fingerprint density at radius 2 is 2.23 bits per heavy atom. The van der Waals surface area contributed by atoms with Crippen LogP contribution in [-0.4, -0.2) is 49.6 Å². The van der Waals surface area contributed by atoms with Crippen molar-refractivity contribution in [3.63, 3.8) is 0 Å². The minimum Gasteiger partial charge on any atom is -0.315 e. The van der Waals surface area contributed by atoms with Crippen LogP contribution in [-0.2, 0) is 0 Å². The van der Waals surface area contributed by atoms with E-state index in [1.54, 1.807) is 0 Å². The average molecular weight is 202 g/mol. The van der Waals surface area contributed by atoms with Gasteiger partial charge in [-0.05, 0) is 25.8 Å². The average Bonchev–Trinajstić information content (AvgIpc) is 2.61. The summed E-state index contributed by atoms with van der Waals surface area (Å²) in [6, 6.07) is 0.775. The number of rotatable bonds is 5. The molecule has 0 saturated carbocycles. The molecule has 1 saturated heterocycles. The zero-order chi connectivity index (χ0) is 9.68. The maximum atomic E-state index is 3.48. The summed E-state index contributed by atoms with van der Waals surface area (Å²) in [5, 5.41) is 3.48. The first-order chi connectivity index (χ1) is 6.29. The first-order valence-corrected chi connectivity index (χ1v) is 6.58. The van der Waals surface area contributed by atoms with Crippen LogP contribution in [0.5, 0.6) is 0 Å². The van der Waals surface area contributed by atoms with Crippen molar-refractivity contribution in [3.8, 4) is 0 Å². The van der Waals surface area contributed by atoms with Crippen LogP contribution in [0.2, 0.25) is 0 Å². The van der Waals surface area contributed by atoms with Crippen molar-refractivity contribution >= 4 is 11.8 Å². The molecule has 1 aliphatic rings. The minimum absolute atomic E-state index is 0.775. The van der Waals surface area contributed by atoms with Crippen LogP contribution < -0.4 is 5.32 Å². The number of hydrogen-bond donors (Lipinski definition) is 1. The third kappa shape index (κ3) is 3.15. The van der Waals surface area contributed by atoms with Gasteiger partial charge in [0.25, 0.3) is 0 Å². The first kappa shape index (κ1) is 11.3. The van der Waals surface area contributed by atoms with E-state index in [4.69, 9.17) is 0 Å². The number of hydrogen-bond acceptors (Lipinski definition) is 3. The SMILES string of the molecule is CCC1CNCC1N(C)CCSC. The topological polar surface area (TPSA) is 15.3 Å². The predicted octanol–water partition coefficient (Wildman–Crippen LogP) is 1.28. The van der Waals surface area contributed by atoms with E-state index in [9.17, 15) is 0 Å². The normalized spacial score (nSPS) is 28.6. The van der Waals surface area contributed by atoms with Crippen LogP contribution in [0.4, 0.5) is 0 Å². The lowest BCUT2D eigenvalue weighted by Crippen LogP contribution is -2.39. The van der Waals surface area contributed by atoms with Gasteiger partial charge in [0.05, 0.1) is 0 Å². The molecule has 0 radical (unpaired) electrons. The largest absolute Gasteiger partial charge is 0.315 e. The summed E-state index contributed by atoms with van der Waals surface area (Å²) >= 11 is 1.94. The maximum absolute atomic E-state index is 3.48. The van der Waals surface area contributed by atoms with E-state index in [2.05, 4.69) is 30.4 Å². The lowest BCUT2D eigenvalue weighted by molar-refractivity contribution is 0.220. The van der Waals surface area contributed by atoms with Crippen molar-refractivity contribution in [2.24, 2.45) is 5.92 Å². The monoisotopic (exact) mass is 202 g/mol. The number of nitrogens with zero attached hydrogens (tertiary/aromatic N) is 1. The smallest absolute Gasteiger partial charge is 0.0258 e. The van der Waals surface area contributed by atoms with Gasteiger partial charge in [-0.25, -0.2) is 0 Å². The van der Waals surface area contributed by atoms with E-state index < -0.39 is 0 Å². The van der Waals surface area contributed by atoms with E-state index in [1.165, 1.54) is 31.8 Å². The van der Waals surface area contributed by atoms with Crippen LogP contribution >= 0.6 is 11.8 Å². The van der Waals surface area contributed by atoms with Gasteiger partial charge in [-0.3, -0.25) is 0 Å². The van der Waals surface area contributed by atoms with Gasteiger partial charge in [0.2, 0.25) is 0 Å². The van der Waals surface area contributed by atoms with Crippen LogP contribution in [0.3, 0.4) is 0 Å². The maximum Gasteiger partial charge on any atom is 0.0258 e. The molecular weight excluding hydrogens is 180 g/mol. The summed E-state index contributed by atoms with van der Waals surface area (Å²) < 4.78 is 0. The van der Waals surface area contributed by atoms with Crippen molar-refractivity contribution in [1.82, 2.24) is 10.2 Å². The Morgan fingerprint density at radius 3 is 2.85 bits per heavy atom. The molecule has 0 aliphatic carbocycles. The highest BCUT2D eigenvalue weighted by atomic mass is 32.2. The van der Waals surface area contributed by atoms with Crippen molar-refractivity contribution < 1.29 is 0 Å². The number of likely N-dealkylation sites (N-methyl/N-ethyl adjacent to an activating group) is 1. The second-order valence-electron chi connectivity index (χ2n) is 3.87. The molecule has 13 heavy (non-hydrogen) atoms. The molecule has 1 aliphatic heterocycles. The fraction of sp³-hybridized carbons (Fsp3) is 1.00. The molecule has 2 atom stereocenters. The van der Waals surface area contributed by atoms with Gasteiger partial charge >= 0.3 is 0 Å². The molecule has 1 fully saturated rings. The predicted molar refractivity (Wildman–Crippen MR) is 61.5 cm³/mol. The summed E-state index contributed by atoms with van der Waals surface area (Å²) in [7, 11) is 2.26. The lowest BCUT2D eigenvalue weighted by Gasteiger charge is -2.27. The zero-order valence-electron chi connectivity index (χ0n) is 9.05. The minimum atomic E-state index is 0.775. The Labute approximate surface area is 86.5 Å². The van der Waals surface area contributed by atoms with Gasteiger partial charge in [0, 0.05) is 24.9 Å². The second kappa shape index (κ2) is 5.89. The highest BCUT2D eigenvalue weighted by Gasteiger charge is 2.28. The standard InChI is InChI=1S/C10H22N2S/c1-4-9-7-11-8-10(9)12(2)5-6-13-3/h9-11H,4-8H2,1-3H3. The fourth-order valence-electron chi connectivity index (χ4n) is 2.05. The molecule has 0 amide bonds. The molecule has 0 bridgehead atoms. The van der Waals surface area contributed by atoms with Crippen LogP contribution in [0, 0.1) is 5.92 Å². The Kier molecular flexibility index (Phi) is 5.14. The van der Waals surface area contributed by atoms with Gasteiger partial charge in [-0.15, -0.1) is 0 Å². The van der Waals surface area contributed by atoms with E-state index in [0.29, 0.717) is 0 Å². The van der Waals surface area contributed by atoms with Crippen LogP contribution in [0.25, 0.3) is 0 Å². The van der Waals surface area contributed by atoms with Gasteiger partial charge < -0.3 is 10.2 Å². The fourth-order valence-corrected chi connectivity index (χ4v) is 2.52. The summed E-state index contributed by atoms with van der Waals surface area (Å²) in [4.78, 5) is 2.52. The molecule has 1 heterocycles. The Morgan fingerprint density at radius 1 is 1.46 bits per heavy atom. The van der Waals surface area contributed by atoms with Crippen LogP contribution in [0.15, 0.2) is 0 Å². The summed E-state index contributed by atoms with van der Waals surface area (Å²) in [6.07, 6.45) is 3.49. The highest BCUT2D eigenvalue weighted by Crippen LogP contribution is 2.17. The van der Waals surface area contributed by atoms with Gasteiger partial charge in [0.15, 0.2) is 0 Å². The highest BCUT2D eigenvalue weighted by molar-refractivity contribution is 7.98. The summed E-state index contributed by atoms with van der Waals surface area (Å²) in [5.74, 6) is 2.12. The molecule has 0 aromatic rings. The summed E-state index contributed by atoms with van der Waals surface area (Å²) in [5.41, 5.74) is 0. The lowest BCUT2D eigenvalue weighted by atomic mass is 10.00. The van der Waals surface area contributed by atoms with E-state index in [0.717, 1.165) is 12.0 Å². The molecule has 0 spiro atoms. The van der Waals surface area contributed by atoms with Crippen molar-refractivity contribution in [2.75, 3.05) is 38.7 Å². The molecular formula is C10H22N2S. The molecule has 2 unspecified atom stereocenters. The number of nitrogens with one attached hydrogen (secondary N) is 1. The van der Waals surface area contributed by atoms with Crippen molar-refractivity contribution in [3.05, 3.63) is 0 Å². The van der Waals surface area contributed by atoms with Crippen molar-refractivity contribution in [2.45, 2.75) is 19.4 Å². The van der Waals surface area contributed by atoms with Crippen LogP contribution in [0.1, 0.15) is 13.3 Å². The first-order valence-electron chi connectivity index (χ1n) is 5.19. The molecule has 0 aromatic heterocycles. The Hall–Kier alpha value is 0.270. The third-order valence-corrected chi connectivity index (χ3v) is 3.63. The van der Waals surface area contributed by atoms with E-state index in [1.807, 2.05) is 11.8 Å². The molecule has 3 heteroatoms. The van der Waals surface area contributed by atoms with Gasteiger partial charge in [0.1, 0.15) is 0 Å². The quantitative estimate of drug-likeness (QED) is 0.723. The molecule has 1 N–H and O–H groups in total. The van der Waals surface area contributed by atoms with Gasteiger partial charge in [-0.1, -0.05) is 13.3 Å². The molecule has 0 aromatic carbocycles. The zero-order valence-corrected chi connectivity index (χ0v) is 9.86. The molecule has 1 rings (SSSR count). The number of thioether (sulfide) groups is 1. The second-order valence-corrected chi connectivity index (χ2v) is 4.85. The van der Waals surface area contributed by atoms with Gasteiger partial charge in [-0.2, -0.15) is 11.8 Å². The summed E-state index contributed by atoms with van der Waals surface area (Å²) in [6.45, 7) is 5.92. The van der Waals surface area contributed by atoms with E-state index >= 15 is 0 Å². The van der Waals surface area contributed by atoms with E-state index in [-0.39, 0.29) is 0 Å². The molecule has 78 valence electrons.